The third-order valence-corrected chi connectivity index (χ3v) is 3.03. The van der Waals surface area contributed by atoms with Gasteiger partial charge in [-0.1, -0.05) is 18.2 Å². The minimum absolute atomic E-state index is 0.0262. The molecule has 0 fully saturated rings. The first kappa shape index (κ1) is 12.9. The Hall–Kier alpha value is -3.08. The van der Waals surface area contributed by atoms with Crippen LogP contribution in [0.25, 0.3) is 11.0 Å². The lowest BCUT2D eigenvalue weighted by atomic mass is 10.1. The monoisotopic (exact) mass is 281 g/mol. The zero-order chi connectivity index (χ0) is 14.8. The maximum absolute atomic E-state index is 12.3. The number of carbonyl (C=O) groups excluding carboxylic acids is 1. The van der Waals surface area contributed by atoms with Crippen molar-refractivity contribution in [2.75, 3.05) is 5.32 Å². The van der Waals surface area contributed by atoms with Gasteiger partial charge in [-0.25, -0.2) is 0 Å². The van der Waals surface area contributed by atoms with Crippen LogP contribution >= 0.6 is 0 Å². The molecule has 1 amide bonds. The highest BCUT2D eigenvalue weighted by Crippen LogP contribution is 2.16. The van der Waals surface area contributed by atoms with Crippen molar-refractivity contribution in [3.05, 3.63) is 70.6 Å². The van der Waals surface area contributed by atoms with E-state index in [4.69, 9.17) is 4.42 Å². The number of carbonyl (C=O) groups is 1. The van der Waals surface area contributed by atoms with Gasteiger partial charge in [-0.15, -0.1) is 0 Å². The van der Waals surface area contributed by atoms with Crippen molar-refractivity contribution in [3.8, 4) is 5.75 Å². The molecular formula is C16H11NO4. The number of aromatic hydroxyl groups is 1. The maximum Gasteiger partial charge on any atom is 0.262 e. The number of hydrogen-bond acceptors (Lipinski definition) is 4. The molecule has 5 heteroatoms. The van der Waals surface area contributed by atoms with E-state index >= 15 is 0 Å². The first-order valence-corrected chi connectivity index (χ1v) is 6.26. The molecule has 21 heavy (non-hydrogen) atoms. The lowest BCUT2D eigenvalue weighted by Gasteiger charge is -2.05. The number of anilines is 1. The molecule has 0 radical (unpaired) electrons. The van der Waals surface area contributed by atoms with Crippen LogP contribution in [0.5, 0.6) is 5.75 Å². The van der Waals surface area contributed by atoms with Gasteiger partial charge in [0.15, 0.2) is 0 Å². The van der Waals surface area contributed by atoms with Gasteiger partial charge < -0.3 is 14.8 Å². The second kappa shape index (κ2) is 5.13. The van der Waals surface area contributed by atoms with Crippen molar-refractivity contribution in [2.45, 2.75) is 0 Å². The Bertz CT molecular complexity index is 883. The smallest absolute Gasteiger partial charge is 0.262 e. The van der Waals surface area contributed by atoms with Gasteiger partial charge in [0, 0.05) is 11.8 Å². The van der Waals surface area contributed by atoms with Gasteiger partial charge in [0.1, 0.15) is 23.2 Å². The highest BCUT2D eigenvalue weighted by atomic mass is 16.3. The Morgan fingerprint density at radius 3 is 2.71 bits per heavy atom. The zero-order valence-corrected chi connectivity index (χ0v) is 10.9. The van der Waals surface area contributed by atoms with Crippen LogP contribution in [0.3, 0.4) is 0 Å². The zero-order valence-electron chi connectivity index (χ0n) is 10.9. The number of para-hydroxylation sites is 1. The number of fused-ring (bicyclic) bond motifs is 1. The Morgan fingerprint density at radius 2 is 1.90 bits per heavy atom. The molecule has 1 aromatic heterocycles. The minimum atomic E-state index is -0.583. The average Bonchev–Trinajstić information content (AvgIpc) is 2.48. The van der Waals surface area contributed by atoms with Crippen molar-refractivity contribution >= 4 is 22.6 Å². The van der Waals surface area contributed by atoms with Crippen LogP contribution in [0.15, 0.2) is 64.0 Å². The van der Waals surface area contributed by atoms with Gasteiger partial charge in [-0.3, -0.25) is 9.59 Å². The number of benzene rings is 2. The highest BCUT2D eigenvalue weighted by molar-refractivity contribution is 6.05. The van der Waals surface area contributed by atoms with Crippen molar-refractivity contribution in [1.29, 1.82) is 0 Å². The van der Waals surface area contributed by atoms with Gasteiger partial charge in [0.05, 0.1) is 5.39 Å². The number of hydrogen-bond donors (Lipinski definition) is 2. The number of nitrogens with one attached hydrogen (secondary N) is 1. The summed E-state index contributed by atoms with van der Waals surface area (Å²) in [5, 5.41) is 12.3. The van der Waals surface area contributed by atoms with E-state index in [-0.39, 0.29) is 11.3 Å². The van der Waals surface area contributed by atoms with E-state index in [0.29, 0.717) is 16.7 Å². The Morgan fingerprint density at radius 1 is 1.10 bits per heavy atom. The van der Waals surface area contributed by atoms with E-state index in [9.17, 15) is 14.7 Å². The van der Waals surface area contributed by atoms with Crippen molar-refractivity contribution in [3.63, 3.8) is 0 Å². The van der Waals surface area contributed by atoms with Crippen LogP contribution in [0.4, 0.5) is 5.69 Å². The molecule has 0 bridgehead atoms. The molecule has 0 atom stereocenters. The topological polar surface area (TPSA) is 79.5 Å². The quantitative estimate of drug-likeness (QED) is 0.757. The van der Waals surface area contributed by atoms with Crippen molar-refractivity contribution < 1.29 is 14.3 Å². The summed E-state index contributed by atoms with van der Waals surface area (Å²) in [7, 11) is 0. The molecule has 5 nitrogen and oxygen atoms in total. The molecule has 0 aliphatic carbocycles. The lowest BCUT2D eigenvalue weighted by molar-refractivity contribution is 0.102. The number of phenols is 1. The summed E-state index contributed by atoms with van der Waals surface area (Å²) in [6.07, 6.45) is 1.14. The molecule has 3 aromatic rings. The number of rotatable bonds is 2. The van der Waals surface area contributed by atoms with Gasteiger partial charge in [0.25, 0.3) is 5.91 Å². The number of phenolic OH excluding ortho intramolecular Hbond substituents is 1. The van der Waals surface area contributed by atoms with Crippen LogP contribution in [0.2, 0.25) is 0 Å². The Balaban J connectivity index is 1.99. The highest BCUT2D eigenvalue weighted by Gasteiger charge is 2.14. The van der Waals surface area contributed by atoms with Crippen molar-refractivity contribution in [1.82, 2.24) is 0 Å². The summed E-state index contributed by atoms with van der Waals surface area (Å²) in [5.41, 5.74) is 0.343. The first-order chi connectivity index (χ1) is 10.1. The molecule has 0 spiro atoms. The summed E-state index contributed by atoms with van der Waals surface area (Å²) in [6, 6.07) is 12.8. The van der Waals surface area contributed by atoms with E-state index in [0.717, 1.165) is 6.26 Å². The van der Waals surface area contributed by atoms with E-state index < -0.39 is 11.3 Å². The van der Waals surface area contributed by atoms with E-state index in [2.05, 4.69) is 5.32 Å². The predicted molar refractivity (Wildman–Crippen MR) is 78.5 cm³/mol. The summed E-state index contributed by atoms with van der Waals surface area (Å²) in [4.78, 5) is 24.4. The average molecular weight is 281 g/mol. The predicted octanol–water partition coefficient (Wildman–Crippen LogP) is 2.75. The van der Waals surface area contributed by atoms with E-state index in [1.165, 1.54) is 12.1 Å². The first-order valence-electron chi connectivity index (χ1n) is 6.26. The molecule has 2 N–H and O–H groups in total. The molecule has 2 aromatic carbocycles. The van der Waals surface area contributed by atoms with Crippen LogP contribution in [0.1, 0.15) is 10.4 Å². The second-order valence-corrected chi connectivity index (χ2v) is 4.48. The lowest BCUT2D eigenvalue weighted by Crippen LogP contribution is -2.21. The minimum Gasteiger partial charge on any atom is -0.508 e. The third kappa shape index (κ3) is 2.49. The fourth-order valence-electron chi connectivity index (χ4n) is 2.02. The summed E-state index contributed by atoms with van der Waals surface area (Å²) < 4.78 is 5.30. The van der Waals surface area contributed by atoms with Gasteiger partial charge in [-0.05, 0) is 24.3 Å². The van der Waals surface area contributed by atoms with Crippen LogP contribution in [-0.4, -0.2) is 11.0 Å². The van der Waals surface area contributed by atoms with Crippen LogP contribution in [-0.2, 0) is 0 Å². The molecule has 0 saturated heterocycles. The number of amides is 1. The van der Waals surface area contributed by atoms with E-state index in [1.54, 1.807) is 36.4 Å². The third-order valence-electron chi connectivity index (χ3n) is 3.03. The van der Waals surface area contributed by atoms with Gasteiger partial charge >= 0.3 is 0 Å². The normalized spacial score (nSPS) is 10.5. The van der Waals surface area contributed by atoms with Gasteiger partial charge in [-0.2, -0.15) is 0 Å². The molecule has 104 valence electrons. The fourth-order valence-corrected chi connectivity index (χ4v) is 2.02. The van der Waals surface area contributed by atoms with Gasteiger partial charge in [0.2, 0.25) is 5.43 Å². The largest absolute Gasteiger partial charge is 0.508 e. The van der Waals surface area contributed by atoms with Crippen LogP contribution < -0.4 is 10.7 Å². The fraction of sp³-hybridized carbons (Fsp3) is 0. The maximum atomic E-state index is 12.3. The molecule has 0 saturated carbocycles. The standard InChI is InChI=1S/C16H11NO4/c18-11-5-3-4-10(8-11)17-16(20)13-9-21-14-7-2-1-6-12(14)15(13)19/h1-9,18H,(H,17,20). The summed E-state index contributed by atoms with van der Waals surface area (Å²) in [5.74, 6) is -0.557. The summed E-state index contributed by atoms with van der Waals surface area (Å²) >= 11 is 0. The van der Waals surface area contributed by atoms with E-state index in [1.807, 2.05) is 0 Å². The molecule has 0 aliphatic rings. The Kier molecular flexibility index (Phi) is 3.16. The van der Waals surface area contributed by atoms with Crippen LogP contribution in [0, 0.1) is 0 Å². The molecular weight excluding hydrogens is 270 g/mol. The Labute approximate surface area is 119 Å². The van der Waals surface area contributed by atoms with Crippen molar-refractivity contribution in [2.24, 2.45) is 0 Å². The molecule has 0 aliphatic heterocycles. The molecule has 3 rings (SSSR count). The SMILES string of the molecule is O=C(Nc1cccc(O)c1)c1coc2ccccc2c1=O. The second-order valence-electron chi connectivity index (χ2n) is 4.48. The molecule has 1 heterocycles. The summed E-state index contributed by atoms with van der Waals surface area (Å²) in [6.45, 7) is 0. The molecule has 0 unspecified atom stereocenters.